The Morgan fingerprint density at radius 3 is 2.42 bits per heavy atom. The molecule has 0 saturated heterocycles. The van der Waals surface area contributed by atoms with Crippen LogP contribution in [0.1, 0.15) is 18.1 Å². The second-order valence-electron chi connectivity index (χ2n) is 5.28. The van der Waals surface area contributed by atoms with E-state index in [-0.39, 0.29) is 18.4 Å². The molecule has 0 spiro atoms. The maximum Gasteiger partial charge on any atom is 0.244 e. The van der Waals surface area contributed by atoms with Gasteiger partial charge >= 0.3 is 0 Å². The number of rotatable bonds is 4. The number of anilines is 2. The van der Waals surface area contributed by atoms with Crippen LogP contribution in [-0.2, 0) is 9.59 Å². The van der Waals surface area contributed by atoms with Gasteiger partial charge in [-0.2, -0.15) is 5.26 Å². The normalized spacial score (nSPS) is 9.92. The van der Waals surface area contributed by atoms with Crippen LogP contribution in [0.4, 0.5) is 11.4 Å². The zero-order valence-corrected chi connectivity index (χ0v) is 14.9. The molecule has 24 heavy (non-hydrogen) atoms. The first-order valence-electron chi connectivity index (χ1n) is 7.25. The summed E-state index contributed by atoms with van der Waals surface area (Å²) in [7, 11) is 0. The van der Waals surface area contributed by atoms with Gasteiger partial charge < -0.3 is 10.2 Å². The first-order valence-corrected chi connectivity index (χ1v) is 8.04. The molecule has 6 heteroatoms. The van der Waals surface area contributed by atoms with Gasteiger partial charge in [-0.15, -0.1) is 0 Å². The van der Waals surface area contributed by atoms with Gasteiger partial charge in [0.2, 0.25) is 11.8 Å². The Balaban J connectivity index is 2.12. The maximum absolute atomic E-state index is 12.3. The number of nitriles is 1. The van der Waals surface area contributed by atoms with Gasteiger partial charge in [-0.1, -0.05) is 15.9 Å². The number of aryl methyl sites for hydroxylation is 1. The molecule has 1 N–H and O–H groups in total. The van der Waals surface area contributed by atoms with Gasteiger partial charge in [-0.05, 0) is 55.0 Å². The summed E-state index contributed by atoms with van der Waals surface area (Å²) < 4.78 is 0.962. The van der Waals surface area contributed by atoms with Crippen molar-refractivity contribution in [2.45, 2.75) is 13.8 Å². The van der Waals surface area contributed by atoms with Crippen molar-refractivity contribution < 1.29 is 9.59 Å². The number of halogens is 1. The Bertz CT molecular complexity index is 810. The smallest absolute Gasteiger partial charge is 0.244 e. The predicted octanol–water partition coefficient (Wildman–Crippen LogP) is 3.62. The Labute approximate surface area is 149 Å². The monoisotopic (exact) mass is 385 g/mol. The third-order valence-electron chi connectivity index (χ3n) is 3.43. The minimum Gasteiger partial charge on any atom is -0.325 e. The number of nitrogens with one attached hydrogen (secondary N) is 1. The van der Waals surface area contributed by atoms with Crippen molar-refractivity contribution in [1.29, 1.82) is 5.26 Å². The molecular weight excluding hydrogens is 370 g/mol. The van der Waals surface area contributed by atoms with E-state index in [1.165, 1.54) is 11.8 Å². The lowest BCUT2D eigenvalue weighted by atomic mass is 10.2. The summed E-state index contributed by atoms with van der Waals surface area (Å²) in [6.45, 7) is 3.23. The minimum atomic E-state index is -0.295. The molecule has 2 aromatic rings. The highest BCUT2D eigenvalue weighted by Gasteiger charge is 2.16. The molecule has 0 heterocycles. The number of benzene rings is 2. The van der Waals surface area contributed by atoms with Crippen LogP contribution in [0.2, 0.25) is 0 Å². The fourth-order valence-corrected chi connectivity index (χ4v) is 2.41. The highest BCUT2D eigenvalue weighted by Crippen LogP contribution is 2.20. The van der Waals surface area contributed by atoms with Crippen molar-refractivity contribution in [3.8, 4) is 6.07 Å². The lowest BCUT2D eigenvalue weighted by Crippen LogP contribution is -2.36. The van der Waals surface area contributed by atoms with Gasteiger partial charge in [-0.3, -0.25) is 9.59 Å². The second kappa shape index (κ2) is 7.75. The Morgan fingerprint density at radius 1 is 1.21 bits per heavy atom. The Kier molecular flexibility index (Phi) is 5.72. The highest BCUT2D eigenvalue weighted by molar-refractivity contribution is 9.10. The van der Waals surface area contributed by atoms with Gasteiger partial charge in [0.1, 0.15) is 6.54 Å². The zero-order chi connectivity index (χ0) is 17.7. The average molecular weight is 386 g/mol. The predicted molar refractivity (Wildman–Crippen MR) is 96.7 cm³/mol. The van der Waals surface area contributed by atoms with E-state index in [0.29, 0.717) is 16.9 Å². The average Bonchev–Trinajstić information content (AvgIpc) is 2.56. The van der Waals surface area contributed by atoms with E-state index in [9.17, 15) is 9.59 Å². The van der Waals surface area contributed by atoms with Crippen LogP contribution in [0.5, 0.6) is 0 Å². The highest BCUT2D eigenvalue weighted by atomic mass is 79.9. The van der Waals surface area contributed by atoms with Gasteiger partial charge in [0.25, 0.3) is 0 Å². The number of carbonyl (C=O) groups excluding carboxylic acids is 2. The van der Waals surface area contributed by atoms with Gasteiger partial charge in [0.15, 0.2) is 0 Å². The molecular formula is C18H16BrN3O2. The molecule has 0 bridgehead atoms. The SMILES string of the molecule is CC(=O)N(CC(=O)Nc1ccc(Br)c(C)c1)c1ccc(C#N)cc1. The van der Waals surface area contributed by atoms with Crippen molar-refractivity contribution in [3.63, 3.8) is 0 Å². The van der Waals surface area contributed by atoms with E-state index >= 15 is 0 Å². The molecule has 2 rings (SSSR count). The first-order chi connectivity index (χ1) is 11.4. The van der Waals surface area contributed by atoms with E-state index in [1.54, 1.807) is 30.3 Å². The minimum absolute atomic E-state index is 0.101. The fourth-order valence-electron chi connectivity index (χ4n) is 2.17. The lowest BCUT2D eigenvalue weighted by molar-refractivity contribution is -0.120. The molecule has 0 aromatic heterocycles. The molecule has 2 amide bonds. The van der Waals surface area contributed by atoms with Crippen molar-refractivity contribution in [1.82, 2.24) is 0 Å². The molecule has 0 saturated carbocycles. The molecule has 2 aromatic carbocycles. The maximum atomic E-state index is 12.3. The summed E-state index contributed by atoms with van der Waals surface area (Å²) in [5.41, 5.74) is 2.74. The summed E-state index contributed by atoms with van der Waals surface area (Å²) in [5, 5.41) is 11.6. The largest absolute Gasteiger partial charge is 0.325 e. The van der Waals surface area contributed by atoms with Gasteiger partial charge in [0, 0.05) is 22.8 Å². The molecule has 0 unspecified atom stereocenters. The molecule has 0 aliphatic heterocycles. The first kappa shape index (κ1) is 17.7. The van der Waals surface area contributed by atoms with E-state index in [0.717, 1.165) is 10.0 Å². The van der Waals surface area contributed by atoms with E-state index in [4.69, 9.17) is 5.26 Å². The molecule has 0 aliphatic rings. The van der Waals surface area contributed by atoms with Crippen LogP contribution in [0.3, 0.4) is 0 Å². The van der Waals surface area contributed by atoms with Crippen LogP contribution in [0.15, 0.2) is 46.9 Å². The summed E-state index contributed by atoms with van der Waals surface area (Å²) in [4.78, 5) is 25.5. The van der Waals surface area contributed by atoms with Crippen molar-refractivity contribution in [3.05, 3.63) is 58.1 Å². The number of nitrogens with zero attached hydrogens (tertiary/aromatic N) is 2. The molecule has 0 atom stereocenters. The lowest BCUT2D eigenvalue weighted by Gasteiger charge is -2.20. The summed E-state index contributed by atoms with van der Waals surface area (Å²) in [6.07, 6.45) is 0. The van der Waals surface area contributed by atoms with Crippen LogP contribution in [-0.4, -0.2) is 18.4 Å². The van der Waals surface area contributed by atoms with Crippen molar-refractivity contribution in [2.24, 2.45) is 0 Å². The fraction of sp³-hybridized carbons (Fsp3) is 0.167. The van der Waals surface area contributed by atoms with Crippen LogP contribution < -0.4 is 10.2 Å². The van der Waals surface area contributed by atoms with E-state index < -0.39 is 0 Å². The molecule has 0 aliphatic carbocycles. The van der Waals surface area contributed by atoms with Gasteiger partial charge in [0.05, 0.1) is 11.6 Å². The van der Waals surface area contributed by atoms with Gasteiger partial charge in [-0.25, -0.2) is 0 Å². The van der Waals surface area contributed by atoms with Crippen molar-refractivity contribution in [2.75, 3.05) is 16.8 Å². The van der Waals surface area contributed by atoms with E-state index in [1.807, 2.05) is 25.1 Å². The third kappa shape index (κ3) is 4.43. The Morgan fingerprint density at radius 2 is 1.88 bits per heavy atom. The van der Waals surface area contributed by atoms with Crippen LogP contribution in [0.25, 0.3) is 0 Å². The molecule has 0 fully saturated rings. The van der Waals surface area contributed by atoms with Crippen LogP contribution in [0, 0.1) is 18.3 Å². The standard InChI is InChI=1S/C18H16BrN3O2/c1-12-9-15(5-8-17(12)19)21-18(24)11-22(13(2)23)16-6-3-14(10-20)4-7-16/h3-9H,11H2,1-2H3,(H,21,24). The quantitative estimate of drug-likeness (QED) is 0.872. The number of carbonyl (C=O) groups is 2. The number of hydrogen-bond donors (Lipinski definition) is 1. The number of amides is 2. The third-order valence-corrected chi connectivity index (χ3v) is 4.32. The summed E-state index contributed by atoms with van der Waals surface area (Å²) in [6, 6.07) is 14.0. The molecule has 122 valence electrons. The summed E-state index contributed by atoms with van der Waals surface area (Å²) in [5.74, 6) is -0.543. The molecule has 5 nitrogen and oxygen atoms in total. The second-order valence-corrected chi connectivity index (χ2v) is 6.13. The van der Waals surface area contributed by atoms with Crippen molar-refractivity contribution >= 4 is 39.1 Å². The molecule has 0 radical (unpaired) electrons. The van der Waals surface area contributed by atoms with E-state index in [2.05, 4.69) is 21.2 Å². The van der Waals surface area contributed by atoms with Crippen LogP contribution >= 0.6 is 15.9 Å². The topological polar surface area (TPSA) is 73.2 Å². The Hall–Kier alpha value is -2.65. The number of hydrogen-bond acceptors (Lipinski definition) is 3. The summed E-state index contributed by atoms with van der Waals surface area (Å²) >= 11 is 3.41. The zero-order valence-electron chi connectivity index (χ0n) is 13.3.